The molecule has 3 rings (SSSR count). The van der Waals surface area contributed by atoms with Crippen molar-refractivity contribution < 1.29 is 19.1 Å². The maximum Gasteiger partial charge on any atom is 0.340 e. The van der Waals surface area contributed by atoms with Gasteiger partial charge in [0.25, 0.3) is 0 Å². The number of benzene rings is 2. The minimum atomic E-state index is -0.467. The van der Waals surface area contributed by atoms with Crippen molar-refractivity contribution >= 4 is 23.3 Å². The quantitative estimate of drug-likeness (QED) is 0.726. The highest BCUT2D eigenvalue weighted by atomic mass is 16.5. The largest absolute Gasteiger partial charge is 0.465 e. The van der Waals surface area contributed by atoms with Gasteiger partial charge in [-0.1, -0.05) is 31.2 Å². The fraction of sp³-hybridized carbons (Fsp3) is 0.391. The van der Waals surface area contributed by atoms with Gasteiger partial charge in [0.2, 0.25) is 5.91 Å². The number of aryl methyl sites for hydroxylation is 2. The summed E-state index contributed by atoms with van der Waals surface area (Å²) in [6, 6.07) is 13.8. The number of hydrogen-bond donors (Lipinski definition) is 1. The number of carbonyl (C=O) groups excluding carboxylic acids is 2. The maximum atomic E-state index is 12.5. The number of nitrogens with zero attached hydrogens (tertiary/aromatic N) is 1. The number of esters is 1. The van der Waals surface area contributed by atoms with Crippen LogP contribution in [0.1, 0.15) is 34.8 Å². The monoisotopic (exact) mass is 396 g/mol. The van der Waals surface area contributed by atoms with Crippen molar-refractivity contribution in [1.82, 2.24) is 0 Å². The van der Waals surface area contributed by atoms with Crippen LogP contribution >= 0.6 is 0 Å². The van der Waals surface area contributed by atoms with Crippen LogP contribution in [0.2, 0.25) is 0 Å². The molecule has 1 heterocycles. The Labute approximate surface area is 171 Å². The minimum absolute atomic E-state index is 0.131. The summed E-state index contributed by atoms with van der Waals surface area (Å²) in [6.45, 7) is 4.97. The third-order valence-corrected chi connectivity index (χ3v) is 5.13. The zero-order valence-electron chi connectivity index (χ0n) is 17.1. The third kappa shape index (κ3) is 5.57. The Morgan fingerprint density at radius 1 is 1.07 bits per heavy atom. The van der Waals surface area contributed by atoms with Crippen LogP contribution in [0.25, 0.3) is 0 Å². The lowest BCUT2D eigenvalue weighted by atomic mass is 10.1. The van der Waals surface area contributed by atoms with Crippen LogP contribution in [0.3, 0.4) is 0 Å². The van der Waals surface area contributed by atoms with Gasteiger partial charge >= 0.3 is 5.97 Å². The molecule has 0 unspecified atom stereocenters. The van der Waals surface area contributed by atoms with Crippen molar-refractivity contribution in [2.24, 2.45) is 0 Å². The minimum Gasteiger partial charge on any atom is -0.465 e. The first-order valence-corrected chi connectivity index (χ1v) is 10.0. The van der Waals surface area contributed by atoms with E-state index in [1.165, 1.54) is 12.7 Å². The van der Waals surface area contributed by atoms with Gasteiger partial charge in [-0.2, -0.15) is 0 Å². The molecule has 154 valence electrons. The molecular weight excluding hydrogens is 368 g/mol. The first-order chi connectivity index (χ1) is 14.1. The normalized spacial score (nSPS) is 13.8. The second kappa shape index (κ2) is 10.1. The Morgan fingerprint density at radius 2 is 1.76 bits per heavy atom. The number of carbonyl (C=O) groups is 2. The van der Waals surface area contributed by atoms with Gasteiger partial charge in [0.1, 0.15) is 0 Å². The van der Waals surface area contributed by atoms with Gasteiger partial charge in [-0.25, -0.2) is 4.79 Å². The number of hydrogen-bond acceptors (Lipinski definition) is 5. The highest BCUT2D eigenvalue weighted by molar-refractivity contribution is 6.02. The van der Waals surface area contributed by atoms with E-state index in [0.29, 0.717) is 37.3 Å². The van der Waals surface area contributed by atoms with Gasteiger partial charge in [-0.15, -0.1) is 0 Å². The van der Waals surface area contributed by atoms with Crippen LogP contribution in [-0.2, 0) is 27.1 Å². The molecule has 1 fully saturated rings. The van der Waals surface area contributed by atoms with Crippen LogP contribution in [0.15, 0.2) is 42.5 Å². The average Bonchev–Trinajstić information content (AvgIpc) is 2.78. The molecule has 1 amide bonds. The van der Waals surface area contributed by atoms with Crippen LogP contribution < -0.4 is 10.2 Å². The number of ether oxygens (including phenoxy) is 2. The van der Waals surface area contributed by atoms with Gasteiger partial charge < -0.3 is 19.7 Å². The number of amides is 1. The Morgan fingerprint density at radius 3 is 2.41 bits per heavy atom. The van der Waals surface area contributed by atoms with Gasteiger partial charge in [0.05, 0.1) is 31.6 Å². The van der Waals surface area contributed by atoms with E-state index in [-0.39, 0.29) is 5.91 Å². The summed E-state index contributed by atoms with van der Waals surface area (Å²) in [4.78, 5) is 26.9. The van der Waals surface area contributed by atoms with Crippen LogP contribution in [0.4, 0.5) is 11.4 Å². The van der Waals surface area contributed by atoms with Crippen molar-refractivity contribution in [2.45, 2.75) is 26.2 Å². The SMILES string of the molecule is CCc1ccc(CCC(=O)Nc2ccc(N3CCOCC3)cc2C(=O)OC)cc1. The molecule has 0 aromatic heterocycles. The fourth-order valence-corrected chi connectivity index (χ4v) is 3.35. The standard InChI is InChI=1S/C23H28N2O4/c1-3-17-4-6-18(7-5-17)8-11-22(26)24-21-10-9-19(16-20(21)23(27)28-2)25-12-14-29-15-13-25/h4-7,9-10,16H,3,8,11-15H2,1-2H3,(H,24,26). The van der Waals surface area contributed by atoms with Crippen molar-refractivity contribution in [3.8, 4) is 0 Å². The molecule has 1 aliphatic rings. The number of nitrogens with one attached hydrogen (secondary N) is 1. The van der Waals surface area contributed by atoms with E-state index in [1.807, 2.05) is 6.07 Å². The van der Waals surface area contributed by atoms with Gasteiger partial charge in [-0.05, 0) is 42.2 Å². The molecule has 1 N–H and O–H groups in total. The van der Waals surface area contributed by atoms with Gasteiger partial charge in [-0.3, -0.25) is 4.79 Å². The first kappa shape index (κ1) is 20.9. The number of rotatable bonds is 7. The molecule has 0 bridgehead atoms. The number of methoxy groups -OCH3 is 1. The van der Waals surface area contributed by atoms with Crippen molar-refractivity contribution in [2.75, 3.05) is 43.6 Å². The van der Waals surface area contributed by atoms with Crippen molar-refractivity contribution in [3.63, 3.8) is 0 Å². The second-order valence-electron chi connectivity index (χ2n) is 7.04. The van der Waals surface area contributed by atoms with E-state index >= 15 is 0 Å². The summed E-state index contributed by atoms with van der Waals surface area (Å²) in [5.41, 5.74) is 4.15. The van der Waals surface area contributed by atoms with Crippen LogP contribution in [-0.4, -0.2) is 45.3 Å². The molecule has 1 aliphatic heterocycles. The molecule has 0 spiro atoms. The highest BCUT2D eigenvalue weighted by Gasteiger charge is 2.18. The number of anilines is 2. The van der Waals surface area contributed by atoms with Gasteiger partial charge in [0.15, 0.2) is 0 Å². The summed E-state index contributed by atoms with van der Waals surface area (Å²) in [7, 11) is 1.34. The molecule has 2 aromatic carbocycles. The lowest BCUT2D eigenvalue weighted by Gasteiger charge is -2.29. The molecule has 0 saturated carbocycles. The predicted molar refractivity (Wildman–Crippen MR) is 114 cm³/mol. The summed E-state index contributed by atoms with van der Waals surface area (Å²) in [5, 5.41) is 2.87. The molecule has 29 heavy (non-hydrogen) atoms. The predicted octanol–water partition coefficient (Wildman–Crippen LogP) is 3.44. The van der Waals surface area contributed by atoms with E-state index in [1.54, 1.807) is 12.1 Å². The molecule has 0 aliphatic carbocycles. The Bertz CT molecular complexity index is 842. The summed E-state index contributed by atoms with van der Waals surface area (Å²) < 4.78 is 10.3. The smallest absolute Gasteiger partial charge is 0.340 e. The first-order valence-electron chi connectivity index (χ1n) is 10.0. The summed E-state index contributed by atoms with van der Waals surface area (Å²) in [6.07, 6.45) is 1.99. The lowest BCUT2D eigenvalue weighted by Crippen LogP contribution is -2.36. The molecule has 6 heteroatoms. The Kier molecular flexibility index (Phi) is 7.25. The van der Waals surface area contributed by atoms with E-state index in [4.69, 9.17) is 9.47 Å². The topological polar surface area (TPSA) is 67.9 Å². The highest BCUT2D eigenvalue weighted by Crippen LogP contribution is 2.25. The zero-order valence-corrected chi connectivity index (χ0v) is 17.1. The molecular formula is C23H28N2O4. The second-order valence-corrected chi connectivity index (χ2v) is 7.04. The van der Waals surface area contributed by atoms with E-state index < -0.39 is 5.97 Å². The molecule has 0 radical (unpaired) electrons. The maximum absolute atomic E-state index is 12.5. The zero-order chi connectivity index (χ0) is 20.6. The number of morpholine rings is 1. The van der Waals surface area contributed by atoms with Crippen LogP contribution in [0, 0.1) is 0 Å². The Hall–Kier alpha value is -2.86. The molecule has 0 atom stereocenters. The van der Waals surface area contributed by atoms with Crippen LogP contribution in [0.5, 0.6) is 0 Å². The molecule has 2 aromatic rings. The van der Waals surface area contributed by atoms with E-state index in [2.05, 4.69) is 41.4 Å². The summed E-state index contributed by atoms with van der Waals surface area (Å²) >= 11 is 0. The van der Waals surface area contributed by atoms with Gasteiger partial charge in [0, 0.05) is 25.2 Å². The van der Waals surface area contributed by atoms with Crippen molar-refractivity contribution in [1.29, 1.82) is 0 Å². The average molecular weight is 396 g/mol. The fourth-order valence-electron chi connectivity index (χ4n) is 3.35. The van der Waals surface area contributed by atoms with E-state index in [9.17, 15) is 9.59 Å². The van der Waals surface area contributed by atoms with E-state index in [0.717, 1.165) is 30.8 Å². The molecule has 6 nitrogen and oxygen atoms in total. The third-order valence-electron chi connectivity index (χ3n) is 5.13. The summed E-state index contributed by atoms with van der Waals surface area (Å²) in [5.74, 6) is -0.598. The van der Waals surface area contributed by atoms with Crippen molar-refractivity contribution in [3.05, 3.63) is 59.2 Å². The molecule has 1 saturated heterocycles. The Balaban J connectivity index is 1.67. The lowest BCUT2D eigenvalue weighted by molar-refractivity contribution is -0.116.